The summed E-state index contributed by atoms with van der Waals surface area (Å²) in [6.45, 7) is 3.55. The third-order valence-electron chi connectivity index (χ3n) is 2.37. The van der Waals surface area contributed by atoms with Crippen molar-refractivity contribution in [3.63, 3.8) is 0 Å². The Morgan fingerprint density at radius 2 is 2.06 bits per heavy atom. The molecule has 2 rings (SSSR count). The molecule has 1 aromatic carbocycles. The lowest BCUT2D eigenvalue weighted by atomic mass is 10.3. The smallest absolute Gasteiger partial charge is 0.144 e. The van der Waals surface area contributed by atoms with Gasteiger partial charge in [0.25, 0.3) is 0 Å². The summed E-state index contributed by atoms with van der Waals surface area (Å²) in [7, 11) is 0. The monoisotopic (exact) mass is 240 g/mol. The van der Waals surface area contributed by atoms with Crippen LogP contribution in [-0.4, -0.2) is 14.9 Å². The van der Waals surface area contributed by atoms with E-state index < -0.39 is 5.82 Å². The lowest BCUT2D eigenvalue weighted by molar-refractivity contribution is 0.463. The van der Waals surface area contributed by atoms with Crippen molar-refractivity contribution >= 4 is 11.6 Å². The molecule has 3 nitrogen and oxygen atoms in total. The van der Waals surface area contributed by atoms with E-state index in [1.807, 2.05) is 0 Å². The summed E-state index contributed by atoms with van der Waals surface area (Å²) in [6.07, 6.45) is 0. The first kappa shape index (κ1) is 11.0. The molecule has 1 heterocycles. The Bertz CT molecular complexity index is 551. The number of aromatic hydroxyl groups is 1. The molecular weight excluding hydrogens is 231 g/mol. The maximum Gasteiger partial charge on any atom is 0.144 e. The zero-order valence-corrected chi connectivity index (χ0v) is 9.59. The molecule has 0 aliphatic carbocycles. The molecule has 0 spiro atoms. The zero-order chi connectivity index (χ0) is 11.9. The molecule has 1 aromatic heterocycles. The minimum absolute atomic E-state index is 0.165. The normalized spacial score (nSPS) is 10.8. The summed E-state index contributed by atoms with van der Waals surface area (Å²) in [6, 6.07) is 3.76. The number of rotatable bonds is 1. The van der Waals surface area contributed by atoms with E-state index >= 15 is 0 Å². The molecule has 16 heavy (non-hydrogen) atoms. The van der Waals surface area contributed by atoms with Crippen LogP contribution in [0.25, 0.3) is 5.69 Å². The number of aryl methyl sites for hydroxylation is 1. The van der Waals surface area contributed by atoms with Gasteiger partial charge in [0.05, 0.1) is 16.4 Å². The first-order valence-corrected chi connectivity index (χ1v) is 5.09. The van der Waals surface area contributed by atoms with Crippen molar-refractivity contribution in [2.24, 2.45) is 0 Å². The Kier molecular flexibility index (Phi) is 2.59. The second kappa shape index (κ2) is 3.79. The van der Waals surface area contributed by atoms with E-state index in [9.17, 15) is 9.50 Å². The largest absolute Gasteiger partial charge is 0.506 e. The van der Waals surface area contributed by atoms with Crippen LogP contribution in [-0.2, 0) is 0 Å². The fourth-order valence-electron chi connectivity index (χ4n) is 1.53. The topological polar surface area (TPSA) is 38.0 Å². The van der Waals surface area contributed by atoms with Gasteiger partial charge < -0.3 is 5.11 Å². The number of halogens is 2. The van der Waals surface area contributed by atoms with Crippen molar-refractivity contribution in [2.75, 3.05) is 0 Å². The molecule has 1 N–H and O–H groups in total. The molecule has 0 unspecified atom stereocenters. The number of phenols is 1. The van der Waals surface area contributed by atoms with E-state index in [-0.39, 0.29) is 5.75 Å². The Morgan fingerprint density at radius 1 is 1.38 bits per heavy atom. The maximum absolute atomic E-state index is 12.8. The van der Waals surface area contributed by atoms with Crippen molar-refractivity contribution in [1.82, 2.24) is 9.78 Å². The average Bonchev–Trinajstić information content (AvgIpc) is 2.46. The van der Waals surface area contributed by atoms with Crippen LogP contribution in [0, 0.1) is 19.7 Å². The van der Waals surface area contributed by atoms with Crippen molar-refractivity contribution in [3.05, 3.63) is 40.4 Å². The summed E-state index contributed by atoms with van der Waals surface area (Å²) >= 11 is 5.99. The van der Waals surface area contributed by atoms with Gasteiger partial charge in [-0.3, -0.25) is 0 Å². The fourth-order valence-corrected chi connectivity index (χ4v) is 1.65. The van der Waals surface area contributed by atoms with Gasteiger partial charge in [0.1, 0.15) is 17.3 Å². The van der Waals surface area contributed by atoms with E-state index in [1.54, 1.807) is 13.8 Å². The minimum Gasteiger partial charge on any atom is -0.506 e. The molecule has 2 aromatic rings. The molecule has 0 saturated heterocycles. The van der Waals surface area contributed by atoms with Crippen LogP contribution in [0.15, 0.2) is 18.2 Å². The number of benzene rings is 1. The van der Waals surface area contributed by atoms with Gasteiger partial charge in [-0.2, -0.15) is 5.10 Å². The van der Waals surface area contributed by atoms with E-state index in [4.69, 9.17) is 11.6 Å². The Labute approximate surface area is 97.1 Å². The third-order valence-corrected chi connectivity index (χ3v) is 2.92. The Balaban J connectivity index is 2.63. The lowest BCUT2D eigenvalue weighted by Gasteiger charge is -2.06. The van der Waals surface area contributed by atoms with Crippen LogP contribution >= 0.6 is 11.6 Å². The van der Waals surface area contributed by atoms with Crippen LogP contribution < -0.4 is 0 Å². The van der Waals surface area contributed by atoms with Gasteiger partial charge in [-0.05, 0) is 26.0 Å². The SMILES string of the molecule is Cc1nn(-c2ccc(F)cc2O)c(C)c1Cl. The van der Waals surface area contributed by atoms with Crippen LogP contribution in [0.1, 0.15) is 11.4 Å². The number of hydrogen-bond donors (Lipinski definition) is 1. The standard InChI is InChI=1S/C11H10ClFN2O/c1-6-11(12)7(2)15(14-6)9-4-3-8(13)5-10(9)16/h3-5,16H,1-2H3. The second-order valence-electron chi connectivity index (χ2n) is 3.53. The van der Waals surface area contributed by atoms with Gasteiger partial charge in [-0.15, -0.1) is 0 Å². The van der Waals surface area contributed by atoms with Gasteiger partial charge in [-0.1, -0.05) is 11.6 Å². The third kappa shape index (κ3) is 1.65. The summed E-state index contributed by atoms with van der Waals surface area (Å²) in [5.74, 6) is -0.656. The van der Waals surface area contributed by atoms with E-state index in [0.29, 0.717) is 22.1 Å². The molecule has 84 valence electrons. The number of hydrogen-bond acceptors (Lipinski definition) is 2. The van der Waals surface area contributed by atoms with Gasteiger partial charge >= 0.3 is 0 Å². The molecule has 0 saturated carbocycles. The molecule has 0 radical (unpaired) electrons. The molecule has 0 fully saturated rings. The first-order chi connectivity index (χ1) is 7.50. The summed E-state index contributed by atoms with van der Waals surface area (Å²) in [5, 5.41) is 14.3. The lowest BCUT2D eigenvalue weighted by Crippen LogP contribution is -1.99. The summed E-state index contributed by atoms with van der Waals surface area (Å²) in [4.78, 5) is 0. The second-order valence-corrected chi connectivity index (χ2v) is 3.91. The molecule has 0 aliphatic heterocycles. The van der Waals surface area contributed by atoms with E-state index in [1.165, 1.54) is 16.8 Å². The van der Waals surface area contributed by atoms with Crippen LogP contribution in [0.3, 0.4) is 0 Å². The molecule has 0 aliphatic rings. The number of phenolic OH excluding ortho intramolecular Hbond substituents is 1. The highest BCUT2D eigenvalue weighted by Crippen LogP contribution is 2.27. The van der Waals surface area contributed by atoms with Gasteiger partial charge in [-0.25, -0.2) is 9.07 Å². The molecule has 0 bridgehead atoms. The molecule has 0 atom stereocenters. The quantitative estimate of drug-likeness (QED) is 0.832. The Morgan fingerprint density at radius 3 is 2.56 bits per heavy atom. The maximum atomic E-state index is 12.8. The van der Waals surface area contributed by atoms with E-state index in [2.05, 4.69) is 5.10 Å². The average molecular weight is 241 g/mol. The predicted molar refractivity (Wildman–Crippen MR) is 59.7 cm³/mol. The molecule has 5 heteroatoms. The number of aromatic nitrogens is 2. The Hall–Kier alpha value is -1.55. The summed E-state index contributed by atoms with van der Waals surface area (Å²) in [5.41, 5.74) is 1.79. The number of nitrogens with zero attached hydrogens (tertiary/aromatic N) is 2. The fraction of sp³-hybridized carbons (Fsp3) is 0.182. The van der Waals surface area contributed by atoms with Crippen molar-refractivity contribution in [2.45, 2.75) is 13.8 Å². The zero-order valence-electron chi connectivity index (χ0n) is 8.83. The highest BCUT2D eigenvalue weighted by molar-refractivity contribution is 6.31. The van der Waals surface area contributed by atoms with Gasteiger partial charge in [0.2, 0.25) is 0 Å². The minimum atomic E-state index is -0.492. The summed E-state index contributed by atoms with van der Waals surface area (Å²) < 4.78 is 14.3. The van der Waals surface area contributed by atoms with E-state index in [0.717, 1.165) is 6.07 Å². The van der Waals surface area contributed by atoms with Crippen LogP contribution in [0.2, 0.25) is 5.02 Å². The van der Waals surface area contributed by atoms with Crippen molar-refractivity contribution < 1.29 is 9.50 Å². The predicted octanol–water partition coefficient (Wildman–Crippen LogP) is 2.99. The van der Waals surface area contributed by atoms with Crippen molar-refractivity contribution in [1.29, 1.82) is 0 Å². The van der Waals surface area contributed by atoms with Crippen LogP contribution in [0.5, 0.6) is 5.75 Å². The van der Waals surface area contributed by atoms with Gasteiger partial charge in [0, 0.05) is 6.07 Å². The molecular formula is C11H10ClFN2O. The highest BCUT2D eigenvalue weighted by atomic mass is 35.5. The first-order valence-electron chi connectivity index (χ1n) is 4.71. The van der Waals surface area contributed by atoms with Crippen LogP contribution in [0.4, 0.5) is 4.39 Å². The van der Waals surface area contributed by atoms with Gasteiger partial charge in [0.15, 0.2) is 0 Å². The van der Waals surface area contributed by atoms with Crippen molar-refractivity contribution in [3.8, 4) is 11.4 Å². The highest BCUT2D eigenvalue weighted by Gasteiger charge is 2.13. The molecule has 0 amide bonds.